The maximum atomic E-state index is 13.8. The zero-order chi connectivity index (χ0) is 25.1. The second-order valence-corrected chi connectivity index (χ2v) is 7.63. The smallest absolute Gasteiger partial charge is 0.209 e. The Morgan fingerprint density at radius 3 is 2.59 bits per heavy atom. The van der Waals surface area contributed by atoms with Crippen molar-refractivity contribution in [2.24, 2.45) is 0 Å². The predicted octanol–water partition coefficient (Wildman–Crippen LogP) is 6.08. The molecular weight excluding hydrogens is 440 g/mol. The summed E-state index contributed by atoms with van der Waals surface area (Å²) in [5.74, 6) is -1.46. The van der Waals surface area contributed by atoms with Crippen molar-refractivity contribution in [2.45, 2.75) is 46.3 Å². The Bertz CT molecular complexity index is 1070. The van der Waals surface area contributed by atoms with Crippen molar-refractivity contribution in [3.63, 3.8) is 0 Å². The van der Waals surface area contributed by atoms with Crippen LogP contribution in [0.4, 0.5) is 8.78 Å². The first-order chi connectivity index (χ1) is 16.3. The molecule has 1 unspecified atom stereocenters. The molecule has 6 nitrogen and oxygen atoms in total. The fraction of sp³-hybridized carbons (Fsp3) is 0.308. The highest BCUT2D eigenvalue weighted by atomic mass is 19.1. The van der Waals surface area contributed by atoms with Crippen molar-refractivity contribution < 1.29 is 23.4 Å². The lowest BCUT2D eigenvalue weighted by Gasteiger charge is -2.17. The average Bonchev–Trinajstić information content (AvgIpc) is 3.23. The molecule has 0 aliphatic heterocycles. The number of aromatic nitrogens is 2. The van der Waals surface area contributed by atoms with Crippen LogP contribution in [0.1, 0.15) is 57.5 Å². The van der Waals surface area contributed by atoms with Gasteiger partial charge in [0.15, 0.2) is 6.23 Å². The van der Waals surface area contributed by atoms with E-state index in [4.69, 9.17) is 4.74 Å². The molecule has 0 spiro atoms. The first-order valence-electron chi connectivity index (χ1n) is 11.0. The van der Waals surface area contributed by atoms with E-state index in [0.29, 0.717) is 37.1 Å². The lowest BCUT2D eigenvalue weighted by Crippen LogP contribution is -2.23. The van der Waals surface area contributed by atoms with Gasteiger partial charge in [-0.25, -0.2) is 13.5 Å². The zero-order valence-corrected chi connectivity index (χ0v) is 19.7. The summed E-state index contributed by atoms with van der Waals surface area (Å²) in [5.41, 5.74) is 3.20. The molecule has 2 aromatic rings. The van der Waals surface area contributed by atoms with Crippen LogP contribution in [0.3, 0.4) is 0 Å². The molecule has 2 N–H and O–H groups in total. The van der Waals surface area contributed by atoms with E-state index in [1.807, 2.05) is 32.9 Å². The van der Waals surface area contributed by atoms with Crippen LogP contribution >= 0.6 is 0 Å². The zero-order valence-electron chi connectivity index (χ0n) is 19.7. The first kappa shape index (κ1) is 26.7. The number of benzene rings is 1. The molecule has 1 amide bonds. The molecule has 0 radical (unpaired) electrons. The number of carbonyl (C=O) groups is 1. The van der Waals surface area contributed by atoms with Gasteiger partial charge in [0.2, 0.25) is 6.41 Å². The number of ether oxygens (including phenoxy) is 1. The van der Waals surface area contributed by atoms with Crippen LogP contribution in [0.5, 0.6) is 0 Å². The summed E-state index contributed by atoms with van der Waals surface area (Å²) in [6.07, 6.45) is 10.7. The van der Waals surface area contributed by atoms with Gasteiger partial charge in [0.25, 0.3) is 0 Å². The third-order valence-corrected chi connectivity index (χ3v) is 5.00. The van der Waals surface area contributed by atoms with E-state index in [1.165, 1.54) is 22.9 Å². The maximum absolute atomic E-state index is 13.8. The number of aliphatic hydroxyl groups excluding tert-OH is 1. The molecule has 0 aliphatic rings. The predicted molar refractivity (Wildman–Crippen MR) is 129 cm³/mol. The number of amides is 1. The Morgan fingerprint density at radius 2 is 2.00 bits per heavy atom. The minimum absolute atomic E-state index is 0.0240. The summed E-state index contributed by atoms with van der Waals surface area (Å²) in [6.45, 7) is 9.51. The molecule has 1 heterocycles. The number of aliphatic hydroxyl groups is 1. The van der Waals surface area contributed by atoms with E-state index in [1.54, 1.807) is 12.3 Å². The minimum Gasteiger partial charge on any atom is -0.509 e. The quantitative estimate of drug-likeness (QED) is 0.122. The van der Waals surface area contributed by atoms with Crippen molar-refractivity contribution in [1.29, 1.82) is 0 Å². The van der Waals surface area contributed by atoms with Crippen LogP contribution in [0.15, 0.2) is 66.6 Å². The molecule has 8 heteroatoms. The number of allylic oxidation sites excluding steroid dienone is 6. The summed E-state index contributed by atoms with van der Waals surface area (Å²) in [4.78, 5) is 11.3. The number of hydrogen-bond donors (Lipinski definition) is 2. The van der Waals surface area contributed by atoms with Crippen LogP contribution in [0.25, 0.3) is 11.3 Å². The van der Waals surface area contributed by atoms with Crippen LogP contribution in [0, 0.1) is 11.6 Å². The Kier molecular flexibility index (Phi) is 10.4. The second kappa shape index (κ2) is 13.3. The van der Waals surface area contributed by atoms with Crippen LogP contribution in [-0.2, 0) is 9.53 Å². The van der Waals surface area contributed by atoms with Gasteiger partial charge in [0.05, 0.1) is 11.4 Å². The monoisotopic (exact) mass is 471 g/mol. The number of carbonyl (C=O) groups excluding carboxylic acids is 1. The van der Waals surface area contributed by atoms with Crippen LogP contribution in [-0.4, -0.2) is 27.9 Å². The third kappa shape index (κ3) is 7.81. The van der Waals surface area contributed by atoms with Crippen molar-refractivity contribution in [1.82, 2.24) is 15.1 Å². The third-order valence-electron chi connectivity index (χ3n) is 5.00. The Morgan fingerprint density at radius 1 is 1.29 bits per heavy atom. The van der Waals surface area contributed by atoms with Crippen LogP contribution < -0.4 is 5.32 Å². The molecule has 1 atom stereocenters. The standard InChI is InChI=1S/C26H31F2N3O3/c1-5-8-18(3)25-24(16-31(30-25)23-14-21(27)13-22(28)15-23)26(29-17-32)34-12-7-9-20(6-2)11-10-19(4)33/h6,8,10-11,13-17,26,33H,4-5,7,9,12H2,1-3H3,(H,29,32)/b11-10-,18-8+,20-6-. The summed E-state index contributed by atoms with van der Waals surface area (Å²) in [7, 11) is 0. The van der Waals surface area contributed by atoms with Crippen molar-refractivity contribution in [3.05, 3.63) is 89.5 Å². The molecule has 2 rings (SSSR count). The van der Waals surface area contributed by atoms with Crippen molar-refractivity contribution in [2.75, 3.05) is 6.61 Å². The van der Waals surface area contributed by atoms with Gasteiger partial charge in [-0.2, -0.15) is 5.10 Å². The number of nitrogens with zero attached hydrogens (tertiary/aromatic N) is 2. The molecule has 1 aromatic carbocycles. The molecule has 34 heavy (non-hydrogen) atoms. The van der Waals surface area contributed by atoms with Crippen molar-refractivity contribution >= 4 is 12.0 Å². The summed E-state index contributed by atoms with van der Waals surface area (Å²) in [5, 5.41) is 16.4. The number of halogens is 2. The molecule has 0 bridgehead atoms. The van der Waals surface area contributed by atoms with Gasteiger partial charge in [-0.15, -0.1) is 0 Å². The Hall–Kier alpha value is -3.52. The Balaban J connectivity index is 2.28. The molecule has 0 aliphatic carbocycles. The SMILES string of the molecule is C=C(O)/C=C\C(=C/C)CCCOC(NC=O)c1cn(-c2cc(F)cc(F)c2)nc1/C(C)=C/CC. The second-order valence-electron chi connectivity index (χ2n) is 7.63. The highest BCUT2D eigenvalue weighted by Gasteiger charge is 2.21. The summed E-state index contributed by atoms with van der Waals surface area (Å²) >= 11 is 0. The molecule has 0 saturated carbocycles. The van der Waals surface area contributed by atoms with Gasteiger partial charge in [0, 0.05) is 24.4 Å². The maximum Gasteiger partial charge on any atom is 0.209 e. The molecule has 0 fully saturated rings. The molecular formula is C26H31F2N3O3. The fourth-order valence-corrected chi connectivity index (χ4v) is 3.39. The topological polar surface area (TPSA) is 76.4 Å². The minimum atomic E-state index is -0.804. The number of nitrogens with one attached hydrogen (secondary N) is 1. The van der Waals surface area contributed by atoms with Gasteiger partial charge in [-0.05, 0) is 56.9 Å². The fourth-order valence-electron chi connectivity index (χ4n) is 3.39. The van der Waals surface area contributed by atoms with E-state index in [2.05, 4.69) is 17.0 Å². The lowest BCUT2D eigenvalue weighted by molar-refractivity contribution is -0.113. The average molecular weight is 472 g/mol. The highest BCUT2D eigenvalue weighted by molar-refractivity contribution is 5.64. The van der Waals surface area contributed by atoms with E-state index in [-0.39, 0.29) is 11.4 Å². The van der Waals surface area contributed by atoms with Gasteiger partial charge in [-0.3, -0.25) is 4.79 Å². The molecule has 182 valence electrons. The van der Waals surface area contributed by atoms with E-state index >= 15 is 0 Å². The number of hydrogen-bond acceptors (Lipinski definition) is 4. The lowest BCUT2D eigenvalue weighted by atomic mass is 10.1. The van der Waals surface area contributed by atoms with Crippen LogP contribution in [0.2, 0.25) is 0 Å². The van der Waals surface area contributed by atoms with Gasteiger partial charge < -0.3 is 15.2 Å². The summed E-state index contributed by atoms with van der Waals surface area (Å²) in [6, 6.07) is 3.15. The van der Waals surface area contributed by atoms with Gasteiger partial charge in [-0.1, -0.05) is 37.3 Å². The van der Waals surface area contributed by atoms with Crippen molar-refractivity contribution in [3.8, 4) is 5.69 Å². The first-order valence-corrected chi connectivity index (χ1v) is 11.0. The number of rotatable bonds is 13. The molecule has 1 aromatic heterocycles. The summed E-state index contributed by atoms with van der Waals surface area (Å²) < 4.78 is 34.9. The highest BCUT2D eigenvalue weighted by Crippen LogP contribution is 2.27. The van der Waals surface area contributed by atoms with E-state index in [9.17, 15) is 18.7 Å². The van der Waals surface area contributed by atoms with Gasteiger partial charge in [0.1, 0.15) is 17.4 Å². The largest absolute Gasteiger partial charge is 0.509 e. The normalized spacial score (nSPS) is 13.3. The van der Waals surface area contributed by atoms with Gasteiger partial charge >= 0.3 is 0 Å². The van der Waals surface area contributed by atoms with E-state index in [0.717, 1.165) is 23.6 Å². The van der Waals surface area contributed by atoms with E-state index < -0.39 is 17.9 Å². The molecule has 0 saturated heterocycles. The Labute approximate surface area is 198 Å².